The summed E-state index contributed by atoms with van der Waals surface area (Å²) in [6.07, 6.45) is 0. The van der Waals surface area contributed by atoms with E-state index in [9.17, 15) is 34.4 Å². The van der Waals surface area contributed by atoms with Gasteiger partial charge >= 0.3 is 117 Å². The molecule has 4 aromatic rings. The molecule has 0 aliphatic heterocycles. The van der Waals surface area contributed by atoms with Crippen LogP contribution in [0.15, 0.2) is 117 Å². The summed E-state index contributed by atoms with van der Waals surface area (Å²) in [4.78, 5) is 34.8. The Bertz CT molecular complexity index is 2290. The quantitative estimate of drug-likeness (QED) is 0.107. The van der Waals surface area contributed by atoms with Crippen LogP contribution < -0.4 is 21.7 Å². The second-order valence-corrected chi connectivity index (χ2v) is 15.2. The van der Waals surface area contributed by atoms with Crippen molar-refractivity contribution in [3.63, 3.8) is 0 Å². The molecule has 4 aromatic carbocycles. The summed E-state index contributed by atoms with van der Waals surface area (Å²) >= 11 is 0. The fourth-order valence-corrected chi connectivity index (χ4v) is 4.88. The van der Waals surface area contributed by atoms with Crippen LogP contribution in [0.4, 0.5) is 0 Å². The van der Waals surface area contributed by atoms with Crippen molar-refractivity contribution in [3.8, 4) is 23.0 Å². The third-order valence-electron chi connectivity index (χ3n) is 5.60. The molecule has 4 rings (SSSR count). The molecule has 0 spiro atoms. The summed E-state index contributed by atoms with van der Waals surface area (Å²) in [7, 11) is -16.6. The third kappa shape index (κ3) is 18.5. The van der Waals surface area contributed by atoms with Crippen molar-refractivity contribution >= 4 is 92.9 Å². The molecule has 54 heavy (non-hydrogen) atoms. The van der Waals surface area contributed by atoms with Gasteiger partial charge in [-0.25, -0.2) is 8.42 Å². The zero-order chi connectivity index (χ0) is 40.2. The van der Waals surface area contributed by atoms with Gasteiger partial charge in [-0.15, -0.1) is 16.8 Å². The minimum absolute atomic E-state index is 0. The molecule has 0 bridgehead atoms. The summed E-state index contributed by atoms with van der Waals surface area (Å²) < 4.78 is 116. The molecule has 0 aromatic heterocycles. The third-order valence-corrected chi connectivity index (χ3v) is 9.12. The van der Waals surface area contributed by atoms with Crippen LogP contribution in [-0.2, 0) is 40.5 Å². The Morgan fingerprint density at radius 3 is 0.722 bits per heavy atom. The summed E-state index contributed by atoms with van der Waals surface area (Å²) in [6.45, 7) is 0. The molecule has 0 saturated carbocycles. The maximum absolute atomic E-state index is 10.7. The van der Waals surface area contributed by atoms with Crippen LogP contribution in [0.1, 0.15) is 0 Å². The van der Waals surface area contributed by atoms with E-state index in [2.05, 4.69) is 0 Å². The Morgan fingerprint density at radius 2 is 0.537 bits per heavy atom. The van der Waals surface area contributed by atoms with Crippen LogP contribution in [0.25, 0.3) is 0 Å². The van der Waals surface area contributed by atoms with Gasteiger partial charge in [0.25, 0.3) is 20.2 Å². The molecule has 0 fully saturated rings. The molecule has 2 atom stereocenters. The molecule has 2 unspecified atom stereocenters. The SMILES string of the molecule is O=S(=O)([OH2+])c1ccc([OH2+])c(=[OH+])cc1.O=S(=O)([OH2+])c1ccc([OH2+])c(=[OH+])cc1.O=S([O-])(=[OH+])c1ccc([OH2+])c(=[OH+])cc1.O=S([O-])(=[OH+])c1ccc([OH2+])c(=[OH+])cc1.[BiH].[BiH]. The van der Waals surface area contributed by atoms with Crippen LogP contribution in [0.3, 0.4) is 0 Å². The van der Waals surface area contributed by atoms with E-state index < -0.39 is 40.5 Å². The monoisotopic (exact) mass is 1240 g/mol. The van der Waals surface area contributed by atoms with Gasteiger partial charge in [0.2, 0.25) is 0 Å². The molecule has 0 aliphatic rings. The van der Waals surface area contributed by atoms with Gasteiger partial charge in [-0.2, -0.15) is 8.42 Å². The fourth-order valence-electron chi connectivity index (χ4n) is 2.93. The van der Waals surface area contributed by atoms with Crippen LogP contribution >= 0.6 is 0 Å². The van der Waals surface area contributed by atoms with E-state index in [0.29, 0.717) is 0 Å². The predicted molar refractivity (Wildman–Crippen MR) is 192 cm³/mol. The van der Waals surface area contributed by atoms with Crippen LogP contribution in [0.2, 0.25) is 0 Å². The average molecular weight is 1240 g/mol. The van der Waals surface area contributed by atoms with E-state index in [-0.39, 0.29) is 117 Å². The first-order valence-electron chi connectivity index (χ1n) is 13.1. The Morgan fingerprint density at radius 1 is 0.370 bits per heavy atom. The van der Waals surface area contributed by atoms with Crippen LogP contribution in [0, 0.1) is 0 Å². The number of hydrogen-bond acceptors (Lipinski definition) is 8. The summed E-state index contributed by atoms with van der Waals surface area (Å²) in [6, 6.07) is 17.1. The molecule has 0 heterocycles. The first-order chi connectivity index (χ1) is 23.6. The van der Waals surface area contributed by atoms with Crippen molar-refractivity contribution < 1.29 is 91.5 Å². The van der Waals surface area contributed by atoms with E-state index in [1.807, 2.05) is 0 Å². The molecule has 20 nitrogen and oxygen atoms in total. The predicted octanol–water partition coefficient (Wildman–Crippen LogP) is -5.83. The number of hydrogen-bond donors (Lipinski definition) is 0. The van der Waals surface area contributed by atoms with Gasteiger partial charge in [0.15, 0.2) is 0 Å². The van der Waals surface area contributed by atoms with Crippen molar-refractivity contribution in [2.45, 2.75) is 19.6 Å². The second-order valence-electron chi connectivity index (χ2n) is 9.43. The molecule has 0 aliphatic carbocycles. The molecule has 0 saturated heterocycles. The summed E-state index contributed by atoms with van der Waals surface area (Å²) in [5, 5.41) is 28.5. The van der Waals surface area contributed by atoms with Gasteiger partial charge < -0.3 is 38.6 Å². The number of rotatable bonds is 4. The van der Waals surface area contributed by atoms with Gasteiger partial charge in [-0.3, -0.25) is 19.2 Å². The van der Waals surface area contributed by atoms with E-state index in [4.69, 9.17) is 57.1 Å². The van der Waals surface area contributed by atoms with Crippen molar-refractivity contribution in [1.82, 2.24) is 0 Å². The zero-order valence-corrected chi connectivity index (χ0v) is 37.9. The normalized spacial score (nSPS) is 12.5. The second kappa shape index (κ2) is 21.9. The first kappa shape index (κ1) is 52.3. The molecular weight excluding hydrogens is 1200 g/mol. The van der Waals surface area contributed by atoms with Gasteiger partial charge in [0.05, 0.1) is 24.3 Å². The summed E-state index contributed by atoms with van der Waals surface area (Å²) in [5.41, 5.74) is -1.35. The van der Waals surface area contributed by atoms with E-state index in [1.54, 1.807) is 0 Å². The minimum atomic E-state index is -4.27. The van der Waals surface area contributed by atoms with Crippen LogP contribution in [0.5, 0.6) is 23.0 Å². The molecule has 18 N–H and O–H groups in total. The maximum atomic E-state index is 10.7. The molecular formula is C28H36Bi2O20S4+10. The summed E-state index contributed by atoms with van der Waals surface area (Å²) in [5.74, 6) is -0.797. The van der Waals surface area contributed by atoms with E-state index in [0.717, 1.165) is 97.1 Å². The average Bonchev–Trinajstić information content (AvgIpc) is 3.45. The first-order valence-corrected chi connectivity index (χ1v) is 18.9. The fraction of sp³-hybridized carbons (Fsp3) is 0. The Hall–Kier alpha value is -3.83. The van der Waals surface area contributed by atoms with Gasteiger partial charge in [-0.05, 0) is 48.5 Å². The Labute approximate surface area is 342 Å². The zero-order valence-electron chi connectivity index (χ0n) is 26.8. The molecule has 4 radical (unpaired) electrons. The van der Waals surface area contributed by atoms with Crippen molar-refractivity contribution in [2.75, 3.05) is 0 Å². The van der Waals surface area contributed by atoms with Gasteiger partial charge in [-0.1, -0.05) is 0 Å². The Kier molecular flexibility index (Phi) is 21.2. The van der Waals surface area contributed by atoms with Crippen molar-refractivity contribution in [2.24, 2.45) is 0 Å². The standard InChI is InChI=1S/4C7H6O5S.2Bi.2H/c4*8-6-3-1-5(13(10,11)12)2-4-7(6)9;;;;/h4*1-4H,(H,8,9)(H,10,11,12);;;;/p+10. The Balaban J connectivity index is 0. The van der Waals surface area contributed by atoms with Crippen molar-refractivity contribution in [3.05, 3.63) is 119 Å². The van der Waals surface area contributed by atoms with Crippen molar-refractivity contribution in [1.29, 1.82) is 0 Å². The molecule has 292 valence electrons. The van der Waals surface area contributed by atoms with Gasteiger partial charge in [0, 0.05) is 24.3 Å². The topological polar surface area (TPSA) is 414 Å². The van der Waals surface area contributed by atoms with Gasteiger partial charge in [0.1, 0.15) is 19.6 Å². The van der Waals surface area contributed by atoms with E-state index in [1.165, 1.54) is 0 Å². The van der Waals surface area contributed by atoms with Crippen LogP contribution in [-0.4, -0.2) is 144 Å². The molecule has 26 heteroatoms. The van der Waals surface area contributed by atoms with E-state index >= 15 is 0 Å². The molecule has 0 amide bonds.